The van der Waals surface area contributed by atoms with Gasteiger partial charge in [-0.2, -0.15) is 0 Å². The van der Waals surface area contributed by atoms with Gasteiger partial charge in [-0.05, 0) is 51.5 Å². The van der Waals surface area contributed by atoms with Crippen LogP contribution in [0.15, 0.2) is 35.3 Å². The Bertz CT molecular complexity index is 1020. The van der Waals surface area contributed by atoms with E-state index < -0.39 is 39.5 Å². The number of halogens is 1. The second kappa shape index (κ2) is 14.1. The van der Waals surface area contributed by atoms with Crippen LogP contribution in [-0.2, 0) is 30.8 Å². The molecule has 1 aliphatic rings. The summed E-state index contributed by atoms with van der Waals surface area (Å²) in [5.74, 6) is -1.16. The zero-order valence-electron chi connectivity index (χ0n) is 20.7. The summed E-state index contributed by atoms with van der Waals surface area (Å²) in [6.07, 6.45) is 2.58. The molecular weight excluding hydrogens is 508 g/mol. The number of aldehydes is 1. The Labute approximate surface area is 218 Å². The van der Waals surface area contributed by atoms with Gasteiger partial charge in [0.15, 0.2) is 5.96 Å². The number of nitrogens with one attached hydrogen (secondary N) is 2. The second-order valence-corrected chi connectivity index (χ2v) is 10.8. The molecule has 0 saturated carbocycles. The highest BCUT2D eigenvalue weighted by Gasteiger charge is 2.48. The minimum absolute atomic E-state index is 0. The van der Waals surface area contributed by atoms with Gasteiger partial charge < -0.3 is 26.5 Å². The third-order valence-corrected chi connectivity index (χ3v) is 7.53. The first-order valence-corrected chi connectivity index (χ1v) is 13.3. The molecule has 13 heteroatoms. The Hall–Kier alpha value is -2.70. The van der Waals surface area contributed by atoms with E-state index >= 15 is 0 Å². The van der Waals surface area contributed by atoms with Crippen molar-refractivity contribution in [3.8, 4) is 0 Å². The van der Waals surface area contributed by atoms with Crippen molar-refractivity contribution >= 4 is 46.5 Å². The van der Waals surface area contributed by atoms with Gasteiger partial charge in [0.25, 0.3) is 0 Å². The van der Waals surface area contributed by atoms with Gasteiger partial charge in [0.1, 0.15) is 17.9 Å². The lowest BCUT2D eigenvalue weighted by Crippen LogP contribution is -2.61. The maximum Gasteiger partial charge on any atom is 0.246 e. The van der Waals surface area contributed by atoms with E-state index in [4.69, 9.17) is 11.5 Å². The third-order valence-electron chi connectivity index (χ3n) is 6.13. The molecule has 1 aromatic rings. The summed E-state index contributed by atoms with van der Waals surface area (Å²) in [5.41, 5.74) is 10.2. The molecule has 1 heterocycles. The second-order valence-electron chi connectivity index (χ2n) is 8.80. The standard InChI is InChI=1S/C23H36N6O5S.ClH/c1-3-35(33,34)28-19(15-17-9-5-4-6-10-17)20(31)29-14-8-12-23(29,2)21(32)27-18(16-30)11-7-13-26-22(24)25;/h4-6,9-10,16,18-19,28H,3,7-8,11-15H2,1-2H3,(H,27,32)(H4,24,25,26);1H/t18-,19+,23-;/m0./s1. The van der Waals surface area contributed by atoms with E-state index in [-0.39, 0.29) is 30.5 Å². The van der Waals surface area contributed by atoms with E-state index in [0.29, 0.717) is 45.1 Å². The summed E-state index contributed by atoms with van der Waals surface area (Å²) < 4.78 is 27.2. The van der Waals surface area contributed by atoms with Crippen molar-refractivity contribution in [2.24, 2.45) is 16.5 Å². The minimum atomic E-state index is -3.69. The van der Waals surface area contributed by atoms with Crippen LogP contribution in [0, 0.1) is 0 Å². The zero-order valence-corrected chi connectivity index (χ0v) is 22.3. The zero-order chi connectivity index (χ0) is 26.1. The van der Waals surface area contributed by atoms with Gasteiger partial charge >= 0.3 is 0 Å². The topological polar surface area (TPSA) is 177 Å². The molecule has 0 aliphatic carbocycles. The van der Waals surface area contributed by atoms with Crippen LogP contribution in [0.1, 0.15) is 45.1 Å². The summed E-state index contributed by atoms with van der Waals surface area (Å²) in [6.45, 7) is 3.76. The van der Waals surface area contributed by atoms with Crippen molar-refractivity contribution in [1.82, 2.24) is 14.9 Å². The maximum absolute atomic E-state index is 13.6. The average molecular weight is 545 g/mol. The molecule has 36 heavy (non-hydrogen) atoms. The smallest absolute Gasteiger partial charge is 0.246 e. The number of carbonyl (C=O) groups excluding carboxylic acids is 3. The first-order chi connectivity index (χ1) is 16.5. The number of hydrogen-bond acceptors (Lipinski definition) is 6. The van der Waals surface area contributed by atoms with Crippen molar-refractivity contribution in [2.75, 3.05) is 18.8 Å². The highest BCUT2D eigenvalue weighted by Crippen LogP contribution is 2.30. The summed E-state index contributed by atoms with van der Waals surface area (Å²) in [6, 6.07) is 7.26. The number of rotatable bonds is 13. The van der Waals surface area contributed by atoms with Crippen molar-refractivity contribution in [3.63, 3.8) is 0 Å². The molecule has 1 saturated heterocycles. The average Bonchev–Trinajstić information content (AvgIpc) is 3.23. The van der Waals surface area contributed by atoms with Gasteiger partial charge in [0, 0.05) is 13.1 Å². The van der Waals surface area contributed by atoms with Crippen molar-refractivity contribution < 1.29 is 22.8 Å². The number of sulfonamides is 1. The molecule has 0 aromatic heterocycles. The molecule has 202 valence electrons. The molecule has 6 N–H and O–H groups in total. The van der Waals surface area contributed by atoms with E-state index in [0.717, 1.165) is 5.56 Å². The number of nitrogens with two attached hydrogens (primary N) is 2. The van der Waals surface area contributed by atoms with E-state index in [9.17, 15) is 22.8 Å². The number of aliphatic imine (C=N–C) groups is 1. The molecule has 0 radical (unpaired) electrons. The number of guanidine groups is 1. The molecule has 2 rings (SSSR count). The van der Waals surface area contributed by atoms with Crippen LogP contribution in [-0.4, -0.2) is 73.8 Å². The number of carbonyl (C=O) groups is 3. The van der Waals surface area contributed by atoms with Gasteiger partial charge in [-0.15, -0.1) is 12.4 Å². The first kappa shape index (κ1) is 31.3. The first-order valence-electron chi connectivity index (χ1n) is 11.7. The van der Waals surface area contributed by atoms with Gasteiger partial charge in [-0.3, -0.25) is 14.6 Å². The quantitative estimate of drug-likeness (QED) is 0.117. The van der Waals surface area contributed by atoms with E-state index in [1.165, 1.54) is 11.8 Å². The Balaban J connectivity index is 0.00000648. The minimum Gasteiger partial charge on any atom is -0.370 e. The Morgan fingerprint density at radius 1 is 1.25 bits per heavy atom. The summed E-state index contributed by atoms with van der Waals surface area (Å²) in [5, 5.41) is 2.72. The maximum atomic E-state index is 13.6. The van der Waals surface area contributed by atoms with E-state index in [1.807, 2.05) is 30.3 Å². The Morgan fingerprint density at radius 2 is 1.92 bits per heavy atom. The number of nitrogens with zero attached hydrogens (tertiary/aromatic N) is 2. The molecule has 1 fully saturated rings. The monoisotopic (exact) mass is 544 g/mol. The van der Waals surface area contributed by atoms with Crippen LogP contribution >= 0.6 is 12.4 Å². The predicted octanol–water partition coefficient (Wildman–Crippen LogP) is 0.0772. The van der Waals surface area contributed by atoms with Crippen LogP contribution in [0.2, 0.25) is 0 Å². The largest absolute Gasteiger partial charge is 0.370 e. The molecule has 0 unspecified atom stereocenters. The SMILES string of the molecule is CCS(=O)(=O)N[C@H](Cc1ccccc1)C(=O)N1CCC[C@@]1(C)C(=O)N[C@H](C=O)CCCN=C(N)N.Cl. The Kier molecular flexibility index (Phi) is 12.3. The normalized spacial score (nSPS) is 19.0. The highest BCUT2D eigenvalue weighted by molar-refractivity contribution is 7.89. The number of likely N-dealkylation sites (tertiary alicyclic amines) is 1. The summed E-state index contributed by atoms with van der Waals surface area (Å²) in [7, 11) is -3.69. The number of amides is 2. The highest BCUT2D eigenvalue weighted by atomic mass is 35.5. The molecule has 1 aliphatic heterocycles. The van der Waals surface area contributed by atoms with Crippen LogP contribution < -0.4 is 21.5 Å². The van der Waals surface area contributed by atoms with Crippen LogP contribution in [0.4, 0.5) is 0 Å². The molecule has 1 aromatic carbocycles. The molecule has 2 amide bonds. The van der Waals surface area contributed by atoms with Crippen LogP contribution in [0.5, 0.6) is 0 Å². The van der Waals surface area contributed by atoms with Gasteiger partial charge in [0.05, 0.1) is 11.8 Å². The third kappa shape index (κ3) is 8.75. The van der Waals surface area contributed by atoms with Crippen LogP contribution in [0.3, 0.4) is 0 Å². The predicted molar refractivity (Wildman–Crippen MR) is 141 cm³/mol. The van der Waals surface area contributed by atoms with E-state index in [2.05, 4.69) is 15.0 Å². The number of benzene rings is 1. The lowest BCUT2D eigenvalue weighted by molar-refractivity contribution is -0.145. The van der Waals surface area contributed by atoms with Gasteiger partial charge in [-0.25, -0.2) is 13.1 Å². The molecule has 0 spiro atoms. The molecule has 11 nitrogen and oxygen atoms in total. The van der Waals surface area contributed by atoms with Crippen molar-refractivity contribution in [2.45, 2.75) is 63.6 Å². The lowest BCUT2D eigenvalue weighted by Gasteiger charge is -2.37. The Morgan fingerprint density at radius 3 is 2.50 bits per heavy atom. The molecular formula is C23H37ClN6O5S. The van der Waals surface area contributed by atoms with Crippen molar-refractivity contribution in [3.05, 3.63) is 35.9 Å². The van der Waals surface area contributed by atoms with Gasteiger partial charge in [0.2, 0.25) is 21.8 Å². The van der Waals surface area contributed by atoms with Crippen molar-refractivity contribution in [1.29, 1.82) is 0 Å². The summed E-state index contributed by atoms with van der Waals surface area (Å²) >= 11 is 0. The number of hydrogen-bond donors (Lipinski definition) is 4. The molecule has 3 atom stereocenters. The summed E-state index contributed by atoms with van der Waals surface area (Å²) in [4.78, 5) is 43.7. The van der Waals surface area contributed by atoms with E-state index in [1.54, 1.807) is 6.92 Å². The lowest BCUT2D eigenvalue weighted by atomic mass is 9.95. The molecule has 0 bridgehead atoms. The van der Waals surface area contributed by atoms with Gasteiger partial charge in [-0.1, -0.05) is 30.3 Å². The van der Waals surface area contributed by atoms with Crippen LogP contribution in [0.25, 0.3) is 0 Å². The fraction of sp³-hybridized carbons (Fsp3) is 0.565. The fourth-order valence-corrected chi connectivity index (χ4v) is 4.87. The fourth-order valence-electron chi connectivity index (χ4n) is 4.09.